The van der Waals surface area contributed by atoms with Gasteiger partial charge in [-0.2, -0.15) is 0 Å². The summed E-state index contributed by atoms with van der Waals surface area (Å²) in [5, 5.41) is 16.5. The van der Waals surface area contributed by atoms with Crippen molar-refractivity contribution >= 4 is 33.8 Å². The van der Waals surface area contributed by atoms with Crippen LogP contribution in [0, 0.1) is 0 Å². The van der Waals surface area contributed by atoms with E-state index in [-0.39, 0.29) is 14.5 Å². The number of pyridine rings is 1. The van der Waals surface area contributed by atoms with E-state index in [1.165, 1.54) is 36.0 Å². The summed E-state index contributed by atoms with van der Waals surface area (Å²) < 4.78 is 2.80. The third kappa shape index (κ3) is 5.17. The van der Waals surface area contributed by atoms with Gasteiger partial charge in [0, 0.05) is 0 Å². The number of rotatable bonds is 6. The minimum absolute atomic E-state index is 0.209. The Morgan fingerprint density at radius 3 is 1.80 bits per heavy atom. The van der Waals surface area contributed by atoms with Crippen molar-refractivity contribution in [2.45, 2.75) is 0 Å². The van der Waals surface area contributed by atoms with Crippen molar-refractivity contribution in [1.29, 1.82) is 0 Å². The van der Waals surface area contributed by atoms with Crippen LogP contribution in [0.3, 0.4) is 0 Å². The van der Waals surface area contributed by atoms with E-state index in [0.29, 0.717) is 0 Å². The van der Waals surface area contributed by atoms with Crippen LogP contribution >= 0.6 is 0 Å². The van der Waals surface area contributed by atoms with Gasteiger partial charge >= 0.3 is 285 Å². The summed E-state index contributed by atoms with van der Waals surface area (Å²) >= 11 is 0.209. The predicted octanol–water partition coefficient (Wildman–Crippen LogP) is 10.6. The van der Waals surface area contributed by atoms with E-state index in [9.17, 15) is 0 Å². The molecule has 0 atom stereocenters. The summed E-state index contributed by atoms with van der Waals surface area (Å²) in [5.74, 6) is 0. The van der Waals surface area contributed by atoms with Crippen LogP contribution in [0.2, 0.25) is 0 Å². The zero-order chi connectivity index (χ0) is 32.6. The first-order chi connectivity index (χ1) is 24.3. The van der Waals surface area contributed by atoms with Crippen LogP contribution in [0.15, 0.2) is 170 Å². The number of hydrogen-bond acceptors (Lipinski definition) is 4. The second-order valence-electron chi connectivity index (χ2n) is 11.9. The molecule has 0 bridgehead atoms. The fourth-order valence-corrected chi connectivity index (χ4v) is 9.22. The molecule has 3 heterocycles. The summed E-state index contributed by atoms with van der Waals surface area (Å²) in [4.78, 5) is 4.98. The van der Waals surface area contributed by atoms with Crippen molar-refractivity contribution in [2.75, 3.05) is 0 Å². The quantitative estimate of drug-likeness (QED) is 0.163. The van der Waals surface area contributed by atoms with E-state index >= 15 is 0 Å². The van der Waals surface area contributed by atoms with Crippen LogP contribution < -0.4 is 0 Å². The third-order valence-corrected chi connectivity index (χ3v) is 11.4. The van der Waals surface area contributed by atoms with Crippen LogP contribution in [0.5, 0.6) is 0 Å². The van der Waals surface area contributed by atoms with Gasteiger partial charge in [-0.3, -0.25) is 0 Å². The summed E-state index contributed by atoms with van der Waals surface area (Å²) in [6, 6.07) is 57.5. The first-order valence-corrected chi connectivity index (χ1v) is 18.0. The van der Waals surface area contributed by atoms with Crippen molar-refractivity contribution in [3.63, 3.8) is 0 Å². The Morgan fingerprint density at radius 2 is 1.04 bits per heavy atom. The second kappa shape index (κ2) is 12.6. The summed E-state index contributed by atoms with van der Waals surface area (Å²) in [6.45, 7) is 0. The molecule has 0 aliphatic rings. The molecule has 0 saturated heterocycles. The van der Waals surface area contributed by atoms with Crippen LogP contribution in [0.4, 0.5) is 0 Å². The Balaban J connectivity index is 1.43. The number of benzene rings is 6. The van der Waals surface area contributed by atoms with E-state index in [4.69, 9.17) is 10.1 Å². The molecule has 9 rings (SSSR count). The van der Waals surface area contributed by atoms with Crippen molar-refractivity contribution in [2.24, 2.45) is 0 Å². The van der Waals surface area contributed by atoms with Crippen molar-refractivity contribution in [1.82, 2.24) is 20.4 Å². The monoisotopic (exact) mass is 692 g/mol. The average Bonchev–Trinajstić information content (AvgIpc) is 3.57. The fourth-order valence-electron chi connectivity index (χ4n) is 6.89. The Labute approximate surface area is 290 Å². The molecule has 3 aromatic heterocycles. The summed E-state index contributed by atoms with van der Waals surface area (Å²) in [5.41, 5.74) is 12.0. The van der Waals surface area contributed by atoms with Gasteiger partial charge < -0.3 is 0 Å². The molecule has 0 saturated carbocycles. The van der Waals surface area contributed by atoms with Gasteiger partial charge in [0.1, 0.15) is 0 Å². The van der Waals surface area contributed by atoms with Gasteiger partial charge in [0.2, 0.25) is 0 Å². The Hall–Kier alpha value is -6.00. The van der Waals surface area contributed by atoms with Crippen molar-refractivity contribution in [3.05, 3.63) is 170 Å². The van der Waals surface area contributed by atoms with Gasteiger partial charge in [0.05, 0.1) is 0 Å². The molecule has 6 aromatic carbocycles. The second-order valence-corrected chi connectivity index (χ2v) is 14.1. The van der Waals surface area contributed by atoms with Gasteiger partial charge in [-0.1, -0.05) is 6.07 Å². The van der Waals surface area contributed by atoms with Crippen molar-refractivity contribution < 1.29 is 0 Å². The Kier molecular flexibility index (Phi) is 7.47. The van der Waals surface area contributed by atoms with Crippen LogP contribution in [-0.2, 0) is 0 Å². The van der Waals surface area contributed by atoms with E-state index in [0.717, 1.165) is 50.5 Å². The predicted molar refractivity (Wildman–Crippen MR) is 202 cm³/mol. The third-order valence-electron chi connectivity index (χ3n) is 9.01. The summed E-state index contributed by atoms with van der Waals surface area (Å²) in [7, 11) is 0. The van der Waals surface area contributed by atoms with E-state index in [2.05, 4.69) is 144 Å². The molecule has 9 aromatic rings. The standard InChI is InChI=1S/C44H28N4Se/c1-4-15-29(16-5-1)32-26-27-38-42(33-21-10-11-25-37(33)49-38)41(32)34-22-14-23-35(40(34)36-24-12-13-28-45-36)44-39(30-17-6-2-7-18-30)43(46-48-47-44)31-19-8-3-9-20-31/h1-28H. The molecule has 0 spiro atoms. The van der Waals surface area contributed by atoms with Crippen LogP contribution in [0.1, 0.15) is 0 Å². The molecule has 0 aliphatic carbocycles. The van der Waals surface area contributed by atoms with Crippen LogP contribution in [-0.4, -0.2) is 34.9 Å². The Bertz CT molecular complexity index is 2580. The molecular weight excluding hydrogens is 663 g/mol. The van der Waals surface area contributed by atoms with Gasteiger partial charge in [-0.15, -0.1) is 0 Å². The molecule has 0 N–H and O–H groups in total. The van der Waals surface area contributed by atoms with Crippen molar-refractivity contribution in [3.8, 4) is 67.2 Å². The molecule has 230 valence electrons. The topological polar surface area (TPSA) is 51.6 Å². The number of hydrogen-bond donors (Lipinski definition) is 0. The normalized spacial score (nSPS) is 11.3. The van der Waals surface area contributed by atoms with Crippen LogP contribution in [0.25, 0.3) is 86.4 Å². The molecule has 0 aliphatic heterocycles. The van der Waals surface area contributed by atoms with Gasteiger partial charge in [-0.05, 0) is 0 Å². The molecule has 0 radical (unpaired) electrons. The molecule has 5 heteroatoms. The van der Waals surface area contributed by atoms with E-state index < -0.39 is 0 Å². The molecule has 49 heavy (non-hydrogen) atoms. The average molecular weight is 692 g/mol. The maximum atomic E-state index is 4.98. The number of nitrogens with zero attached hydrogens (tertiary/aromatic N) is 4. The molecule has 0 fully saturated rings. The van der Waals surface area contributed by atoms with Gasteiger partial charge in [0.15, 0.2) is 0 Å². The Morgan fingerprint density at radius 1 is 0.388 bits per heavy atom. The first kappa shape index (κ1) is 29.2. The fraction of sp³-hybridized carbons (Fsp3) is 0. The molecule has 0 unspecified atom stereocenters. The zero-order valence-electron chi connectivity index (χ0n) is 26.4. The SMILES string of the molecule is c1ccc(-c2ccc3[se]c4ccccc4c3c2-c2cccc(-c3nnnc(-c4ccccc4)c3-c3ccccc3)c2-c2ccccn2)cc1. The zero-order valence-corrected chi connectivity index (χ0v) is 28.1. The van der Waals surface area contributed by atoms with E-state index in [1.54, 1.807) is 0 Å². The first-order valence-electron chi connectivity index (χ1n) is 16.2. The molecule has 4 nitrogen and oxygen atoms in total. The molecule has 0 amide bonds. The van der Waals surface area contributed by atoms with Gasteiger partial charge in [0.25, 0.3) is 0 Å². The van der Waals surface area contributed by atoms with Gasteiger partial charge in [-0.25, -0.2) is 0 Å². The van der Waals surface area contributed by atoms with E-state index in [1.807, 2.05) is 36.5 Å². The number of fused-ring (bicyclic) bond motifs is 3. The maximum absolute atomic E-state index is 4.98. The number of aromatic nitrogens is 4. The summed E-state index contributed by atoms with van der Waals surface area (Å²) in [6.07, 6.45) is 1.87. The minimum atomic E-state index is 0.209. The molecular formula is C44H28N4Se.